The summed E-state index contributed by atoms with van der Waals surface area (Å²) in [5, 5.41) is 0. The molecule has 0 aliphatic heterocycles. The van der Waals surface area contributed by atoms with Crippen molar-refractivity contribution in [1.29, 1.82) is 0 Å². The number of nitrogens with two attached hydrogens (primary N) is 1. The molecule has 0 bridgehead atoms. The Hall–Kier alpha value is -2.01. The smallest absolute Gasteiger partial charge is 0.168 e. The third-order valence-electron chi connectivity index (χ3n) is 2.90. The minimum absolute atomic E-state index is 0.140. The van der Waals surface area contributed by atoms with E-state index in [1.165, 1.54) is 18.2 Å². The summed E-state index contributed by atoms with van der Waals surface area (Å²) in [6.07, 6.45) is 0. The van der Waals surface area contributed by atoms with Gasteiger partial charge in [-0.15, -0.1) is 0 Å². The molecule has 0 radical (unpaired) electrons. The predicted molar refractivity (Wildman–Crippen MR) is 70.2 cm³/mol. The van der Waals surface area contributed by atoms with Gasteiger partial charge in [-0.25, -0.2) is 13.2 Å². The van der Waals surface area contributed by atoms with E-state index in [-0.39, 0.29) is 11.5 Å². The molecule has 1 atom stereocenters. The fourth-order valence-electron chi connectivity index (χ4n) is 1.79. The van der Waals surface area contributed by atoms with Crippen LogP contribution in [0.3, 0.4) is 0 Å². The summed E-state index contributed by atoms with van der Waals surface area (Å²) < 4.78 is 45.4. The first-order valence-corrected chi connectivity index (χ1v) is 6.07. The van der Waals surface area contributed by atoms with Gasteiger partial charge < -0.3 is 10.5 Å². The van der Waals surface area contributed by atoms with E-state index in [9.17, 15) is 13.2 Å². The van der Waals surface area contributed by atoms with Crippen LogP contribution in [0.5, 0.6) is 11.5 Å². The van der Waals surface area contributed by atoms with Gasteiger partial charge in [0.05, 0.1) is 0 Å². The molecule has 0 aliphatic rings. The Balaban J connectivity index is 2.44. The normalized spacial score (nSPS) is 12.3. The molecule has 0 amide bonds. The lowest BCUT2D eigenvalue weighted by atomic mass is 10.1. The van der Waals surface area contributed by atoms with Crippen LogP contribution in [-0.4, -0.2) is 0 Å². The second kappa shape index (κ2) is 5.54. The van der Waals surface area contributed by atoms with Gasteiger partial charge in [0.2, 0.25) is 0 Å². The molecule has 0 saturated heterocycles. The summed E-state index contributed by atoms with van der Waals surface area (Å²) in [4.78, 5) is 0. The first kappa shape index (κ1) is 14.4. The maximum atomic E-state index is 13.6. The average molecular weight is 281 g/mol. The lowest BCUT2D eigenvalue weighted by Gasteiger charge is -2.15. The van der Waals surface area contributed by atoms with Gasteiger partial charge in [-0.05, 0) is 43.7 Å². The van der Waals surface area contributed by atoms with E-state index in [2.05, 4.69) is 0 Å². The second-order valence-corrected chi connectivity index (χ2v) is 4.60. The fraction of sp³-hybridized carbons (Fsp3) is 0.200. The van der Waals surface area contributed by atoms with Gasteiger partial charge >= 0.3 is 0 Å². The highest BCUT2D eigenvalue weighted by molar-refractivity contribution is 5.43. The Kier molecular flexibility index (Phi) is 3.99. The van der Waals surface area contributed by atoms with Crippen LogP contribution in [0.2, 0.25) is 0 Å². The zero-order valence-corrected chi connectivity index (χ0v) is 11.1. The van der Waals surface area contributed by atoms with Crippen LogP contribution in [0.1, 0.15) is 24.1 Å². The Morgan fingerprint density at radius 2 is 1.70 bits per heavy atom. The number of hydrogen-bond donors (Lipinski definition) is 1. The SMILES string of the molecule is Cc1cc(Oc2ccc(F)cc2F)c([C@@H](C)N)cc1F. The van der Waals surface area contributed by atoms with Crippen molar-refractivity contribution in [2.75, 3.05) is 0 Å². The summed E-state index contributed by atoms with van der Waals surface area (Å²) in [7, 11) is 0. The Morgan fingerprint density at radius 1 is 1.00 bits per heavy atom. The second-order valence-electron chi connectivity index (χ2n) is 4.60. The highest BCUT2D eigenvalue weighted by atomic mass is 19.1. The van der Waals surface area contributed by atoms with Crippen LogP contribution in [0.25, 0.3) is 0 Å². The molecule has 0 fully saturated rings. The van der Waals surface area contributed by atoms with Crippen molar-refractivity contribution in [3.63, 3.8) is 0 Å². The maximum absolute atomic E-state index is 13.6. The zero-order chi connectivity index (χ0) is 14.9. The van der Waals surface area contributed by atoms with Crippen LogP contribution < -0.4 is 10.5 Å². The third kappa shape index (κ3) is 2.93. The Labute approximate surface area is 115 Å². The van der Waals surface area contributed by atoms with Crippen molar-refractivity contribution >= 4 is 0 Å². The largest absolute Gasteiger partial charge is 0.454 e. The molecule has 20 heavy (non-hydrogen) atoms. The Bertz CT molecular complexity index is 641. The van der Waals surface area contributed by atoms with Gasteiger partial charge in [-0.3, -0.25) is 0 Å². The van der Waals surface area contributed by atoms with Crippen molar-refractivity contribution in [2.24, 2.45) is 5.73 Å². The Morgan fingerprint density at radius 3 is 2.30 bits per heavy atom. The fourth-order valence-corrected chi connectivity index (χ4v) is 1.79. The van der Waals surface area contributed by atoms with Crippen LogP contribution in [0, 0.1) is 24.4 Å². The molecule has 2 aromatic rings. The first-order valence-electron chi connectivity index (χ1n) is 6.07. The molecule has 2 aromatic carbocycles. The zero-order valence-electron chi connectivity index (χ0n) is 11.1. The van der Waals surface area contributed by atoms with Gasteiger partial charge in [0, 0.05) is 17.7 Å². The maximum Gasteiger partial charge on any atom is 0.168 e. The molecule has 0 saturated carbocycles. The van der Waals surface area contributed by atoms with Gasteiger partial charge in [-0.1, -0.05) is 0 Å². The highest BCUT2D eigenvalue weighted by Gasteiger charge is 2.15. The standard InChI is InChI=1S/C15H14F3NO/c1-8-5-15(11(9(2)19)7-12(8)17)20-14-4-3-10(16)6-13(14)18/h3-7,9H,19H2,1-2H3/t9-/m1/s1. The monoisotopic (exact) mass is 281 g/mol. The van der Waals surface area contributed by atoms with Crippen LogP contribution in [-0.2, 0) is 0 Å². The van der Waals surface area contributed by atoms with Gasteiger partial charge in [0.1, 0.15) is 17.4 Å². The number of hydrogen-bond acceptors (Lipinski definition) is 2. The van der Waals surface area contributed by atoms with Gasteiger partial charge in [-0.2, -0.15) is 0 Å². The average Bonchev–Trinajstić information content (AvgIpc) is 2.36. The van der Waals surface area contributed by atoms with Crippen LogP contribution in [0.4, 0.5) is 13.2 Å². The first-order chi connectivity index (χ1) is 9.38. The summed E-state index contributed by atoms with van der Waals surface area (Å²) in [6, 6.07) is 5.20. The lowest BCUT2D eigenvalue weighted by Crippen LogP contribution is -2.08. The number of rotatable bonds is 3. The van der Waals surface area contributed by atoms with E-state index in [0.717, 1.165) is 12.1 Å². The molecular weight excluding hydrogens is 267 g/mol. The van der Waals surface area contributed by atoms with E-state index >= 15 is 0 Å². The van der Waals surface area contributed by atoms with Crippen molar-refractivity contribution in [1.82, 2.24) is 0 Å². The minimum atomic E-state index is -0.831. The van der Waals surface area contributed by atoms with Crippen LogP contribution >= 0.6 is 0 Å². The topological polar surface area (TPSA) is 35.2 Å². The molecule has 2 nitrogen and oxygen atoms in total. The van der Waals surface area contributed by atoms with E-state index < -0.39 is 23.5 Å². The summed E-state index contributed by atoms with van der Waals surface area (Å²) in [5.74, 6) is -1.83. The van der Waals surface area contributed by atoms with E-state index in [0.29, 0.717) is 11.1 Å². The minimum Gasteiger partial charge on any atom is -0.454 e. The molecule has 0 heterocycles. The van der Waals surface area contributed by atoms with Gasteiger partial charge in [0.15, 0.2) is 11.6 Å². The summed E-state index contributed by atoms with van der Waals surface area (Å²) in [5.41, 5.74) is 6.52. The third-order valence-corrected chi connectivity index (χ3v) is 2.90. The molecular formula is C15H14F3NO. The molecule has 0 aliphatic carbocycles. The van der Waals surface area contributed by atoms with Crippen molar-refractivity contribution in [3.8, 4) is 11.5 Å². The number of benzene rings is 2. The summed E-state index contributed by atoms with van der Waals surface area (Å²) >= 11 is 0. The predicted octanol–water partition coefficient (Wildman–Crippen LogP) is 4.22. The lowest BCUT2D eigenvalue weighted by molar-refractivity contribution is 0.429. The highest BCUT2D eigenvalue weighted by Crippen LogP contribution is 2.32. The number of ether oxygens (including phenoxy) is 1. The van der Waals surface area contributed by atoms with E-state index in [4.69, 9.17) is 10.5 Å². The van der Waals surface area contributed by atoms with Crippen LogP contribution in [0.15, 0.2) is 30.3 Å². The molecule has 106 valence electrons. The van der Waals surface area contributed by atoms with E-state index in [1.807, 2.05) is 0 Å². The molecule has 0 spiro atoms. The van der Waals surface area contributed by atoms with Crippen molar-refractivity contribution < 1.29 is 17.9 Å². The summed E-state index contributed by atoms with van der Waals surface area (Å²) in [6.45, 7) is 3.23. The quantitative estimate of drug-likeness (QED) is 0.914. The molecule has 0 unspecified atom stereocenters. The number of halogens is 3. The molecule has 0 aromatic heterocycles. The molecule has 2 rings (SSSR count). The molecule has 5 heteroatoms. The number of aryl methyl sites for hydroxylation is 1. The van der Waals surface area contributed by atoms with E-state index in [1.54, 1.807) is 13.8 Å². The van der Waals surface area contributed by atoms with Crippen molar-refractivity contribution in [3.05, 3.63) is 58.9 Å². The molecule has 2 N–H and O–H groups in total. The van der Waals surface area contributed by atoms with Crippen molar-refractivity contribution in [2.45, 2.75) is 19.9 Å². The van der Waals surface area contributed by atoms with Gasteiger partial charge in [0.25, 0.3) is 0 Å².